The number of aromatic hydroxyl groups is 1. The lowest BCUT2D eigenvalue weighted by Gasteiger charge is -2.12. The Hall–Kier alpha value is -2.37. The molecule has 1 aromatic carbocycles. The molecule has 0 spiro atoms. The SMILES string of the molecule is O=C(O)C(Cn1cncn1)c1ccc(O)cc1. The molecule has 6 nitrogen and oxygen atoms in total. The van der Waals surface area contributed by atoms with Gasteiger partial charge in [-0.25, -0.2) is 4.98 Å². The van der Waals surface area contributed by atoms with Gasteiger partial charge in [0.1, 0.15) is 24.3 Å². The number of hydrogen-bond donors (Lipinski definition) is 2. The Kier molecular flexibility index (Phi) is 3.04. The highest BCUT2D eigenvalue weighted by Gasteiger charge is 2.20. The molecule has 0 aliphatic heterocycles. The quantitative estimate of drug-likeness (QED) is 0.817. The molecule has 0 saturated carbocycles. The number of aromatic nitrogens is 3. The summed E-state index contributed by atoms with van der Waals surface area (Å²) in [6.45, 7) is 0.208. The first-order valence-corrected chi connectivity index (χ1v) is 5.01. The van der Waals surface area contributed by atoms with E-state index in [1.165, 1.54) is 29.5 Å². The lowest BCUT2D eigenvalue weighted by Crippen LogP contribution is -2.18. The van der Waals surface area contributed by atoms with E-state index in [1.54, 1.807) is 12.1 Å². The molecule has 0 bridgehead atoms. The second-order valence-corrected chi connectivity index (χ2v) is 3.60. The summed E-state index contributed by atoms with van der Waals surface area (Å²) in [5.74, 6) is -1.54. The smallest absolute Gasteiger partial charge is 0.312 e. The zero-order valence-electron chi connectivity index (χ0n) is 8.89. The molecule has 0 radical (unpaired) electrons. The Bertz CT molecular complexity index is 493. The minimum absolute atomic E-state index is 0.110. The van der Waals surface area contributed by atoms with E-state index in [1.807, 2.05) is 0 Å². The first kappa shape index (κ1) is 11.1. The highest BCUT2D eigenvalue weighted by Crippen LogP contribution is 2.20. The number of phenols is 1. The molecular weight excluding hydrogens is 222 g/mol. The van der Waals surface area contributed by atoms with Crippen molar-refractivity contribution in [3.63, 3.8) is 0 Å². The fraction of sp³-hybridized carbons (Fsp3) is 0.182. The molecule has 2 aromatic rings. The van der Waals surface area contributed by atoms with Gasteiger partial charge in [0.2, 0.25) is 0 Å². The van der Waals surface area contributed by atoms with Crippen molar-refractivity contribution in [3.05, 3.63) is 42.5 Å². The van der Waals surface area contributed by atoms with Gasteiger partial charge in [-0.1, -0.05) is 12.1 Å². The average molecular weight is 233 g/mol. The Labute approximate surface area is 97.2 Å². The van der Waals surface area contributed by atoms with Crippen LogP contribution in [0.15, 0.2) is 36.9 Å². The van der Waals surface area contributed by atoms with Gasteiger partial charge < -0.3 is 10.2 Å². The van der Waals surface area contributed by atoms with Gasteiger partial charge in [-0.05, 0) is 17.7 Å². The van der Waals surface area contributed by atoms with Crippen molar-refractivity contribution in [2.24, 2.45) is 0 Å². The molecule has 6 heteroatoms. The number of aliphatic carboxylic acids is 1. The van der Waals surface area contributed by atoms with E-state index in [9.17, 15) is 9.90 Å². The van der Waals surface area contributed by atoms with Crippen molar-refractivity contribution in [3.8, 4) is 5.75 Å². The maximum absolute atomic E-state index is 11.2. The van der Waals surface area contributed by atoms with Crippen LogP contribution in [0.4, 0.5) is 0 Å². The Morgan fingerprint density at radius 1 is 1.35 bits per heavy atom. The van der Waals surface area contributed by atoms with Gasteiger partial charge in [0.05, 0.1) is 6.54 Å². The van der Waals surface area contributed by atoms with Gasteiger partial charge in [-0.3, -0.25) is 9.48 Å². The van der Waals surface area contributed by atoms with E-state index in [-0.39, 0.29) is 12.3 Å². The van der Waals surface area contributed by atoms with Crippen LogP contribution in [-0.2, 0) is 11.3 Å². The van der Waals surface area contributed by atoms with Crippen molar-refractivity contribution in [2.45, 2.75) is 12.5 Å². The second-order valence-electron chi connectivity index (χ2n) is 3.60. The van der Waals surface area contributed by atoms with Crippen molar-refractivity contribution < 1.29 is 15.0 Å². The van der Waals surface area contributed by atoms with Crippen LogP contribution in [0.25, 0.3) is 0 Å². The Morgan fingerprint density at radius 3 is 2.59 bits per heavy atom. The van der Waals surface area contributed by atoms with Crippen LogP contribution in [0.2, 0.25) is 0 Å². The third kappa shape index (κ3) is 2.60. The number of phenolic OH excluding ortho intramolecular Hbond substituents is 1. The van der Waals surface area contributed by atoms with E-state index in [4.69, 9.17) is 5.11 Å². The molecule has 2 rings (SSSR count). The molecule has 0 saturated heterocycles. The highest BCUT2D eigenvalue weighted by molar-refractivity contribution is 5.76. The zero-order chi connectivity index (χ0) is 12.3. The topological polar surface area (TPSA) is 88.2 Å². The van der Waals surface area contributed by atoms with E-state index in [2.05, 4.69) is 10.1 Å². The highest BCUT2D eigenvalue weighted by atomic mass is 16.4. The third-order valence-corrected chi connectivity index (χ3v) is 2.43. The summed E-state index contributed by atoms with van der Waals surface area (Å²) < 4.78 is 1.46. The van der Waals surface area contributed by atoms with Gasteiger partial charge in [-0.15, -0.1) is 0 Å². The molecule has 1 atom stereocenters. The Morgan fingerprint density at radius 2 is 2.06 bits per heavy atom. The molecule has 17 heavy (non-hydrogen) atoms. The summed E-state index contributed by atoms with van der Waals surface area (Å²) in [6, 6.07) is 6.11. The fourth-order valence-corrected chi connectivity index (χ4v) is 1.55. The second kappa shape index (κ2) is 4.65. The number of nitrogens with zero attached hydrogens (tertiary/aromatic N) is 3. The van der Waals surface area contributed by atoms with Crippen LogP contribution in [0.3, 0.4) is 0 Å². The van der Waals surface area contributed by atoms with Crippen LogP contribution in [0.1, 0.15) is 11.5 Å². The molecule has 0 fully saturated rings. The molecule has 0 aliphatic carbocycles. The van der Waals surface area contributed by atoms with Crippen LogP contribution in [0, 0.1) is 0 Å². The molecule has 0 aliphatic rings. The number of hydrogen-bond acceptors (Lipinski definition) is 4. The predicted octanol–water partition coefficient (Wildman–Crippen LogP) is 0.852. The maximum Gasteiger partial charge on any atom is 0.312 e. The van der Waals surface area contributed by atoms with Gasteiger partial charge in [0.15, 0.2) is 0 Å². The monoisotopic (exact) mass is 233 g/mol. The van der Waals surface area contributed by atoms with Crippen LogP contribution >= 0.6 is 0 Å². The molecule has 2 N–H and O–H groups in total. The fourth-order valence-electron chi connectivity index (χ4n) is 1.55. The number of carboxylic acids is 1. The molecule has 88 valence electrons. The number of carbonyl (C=O) groups is 1. The largest absolute Gasteiger partial charge is 0.508 e. The minimum Gasteiger partial charge on any atom is -0.508 e. The van der Waals surface area contributed by atoms with E-state index in [0.717, 1.165) is 0 Å². The van der Waals surface area contributed by atoms with Crippen LogP contribution in [0.5, 0.6) is 5.75 Å². The van der Waals surface area contributed by atoms with Crippen LogP contribution < -0.4 is 0 Å². The lowest BCUT2D eigenvalue weighted by atomic mass is 9.99. The summed E-state index contributed by atoms with van der Waals surface area (Å²) in [5, 5.41) is 22.2. The molecule has 1 unspecified atom stereocenters. The number of rotatable bonds is 4. The number of benzene rings is 1. The standard InChI is InChI=1S/C11H11N3O3/c15-9-3-1-8(2-4-9)10(11(16)17)5-14-7-12-6-13-14/h1-4,6-7,10,15H,5H2,(H,16,17). The number of carboxylic acid groups (broad SMARTS) is 1. The third-order valence-electron chi connectivity index (χ3n) is 2.43. The first-order valence-electron chi connectivity index (χ1n) is 5.01. The summed E-state index contributed by atoms with van der Waals surface area (Å²) in [4.78, 5) is 14.9. The molecule has 1 heterocycles. The van der Waals surface area contributed by atoms with Gasteiger partial charge in [0, 0.05) is 0 Å². The minimum atomic E-state index is -0.939. The van der Waals surface area contributed by atoms with Crippen molar-refractivity contribution in [1.29, 1.82) is 0 Å². The summed E-state index contributed by atoms with van der Waals surface area (Å²) in [5.41, 5.74) is 0.616. The van der Waals surface area contributed by atoms with Crippen molar-refractivity contribution in [1.82, 2.24) is 14.8 Å². The van der Waals surface area contributed by atoms with Gasteiger partial charge in [0.25, 0.3) is 0 Å². The summed E-state index contributed by atoms with van der Waals surface area (Å²) in [7, 11) is 0. The van der Waals surface area contributed by atoms with Crippen molar-refractivity contribution >= 4 is 5.97 Å². The van der Waals surface area contributed by atoms with Gasteiger partial charge in [-0.2, -0.15) is 5.10 Å². The zero-order valence-corrected chi connectivity index (χ0v) is 8.89. The average Bonchev–Trinajstić information content (AvgIpc) is 2.80. The van der Waals surface area contributed by atoms with Gasteiger partial charge >= 0.3 is 5.97 Å². The van der Waals surface area contributed by atoms with E-state index in [0.29, 0.717) is 5.56 Å². The van der Waals surface area contributed by atoms with Crippen LogP contribution in [-0.4, -0.2) is 30.9 Å². The first-order chi connectivity index (χ1) is 8.16. The molecule has 0 amide bonds. The summed E-state index contributed by atoms with van der Waals surface area (Å²) in [6.07, 6.45) is 2.83. The normalized spacial score (nSPS) is 12.2. The molecule has 1 aromatic heterocycles. The van der Waals surface area contributed by atoms with E-state index >= 15 is 0 Å². The Balaban J connectivity index is 2.23. The predicted molar refractivity (Wildman–Crippen MR) is 58.5 cm³/mol. The molecular formula is C11H11N3O3. The summed E-state index contributed by atoms with van der Waals surface area (Å²) >= 11 is 0. The lowest BCUT2D eigenvalue weighted by molar-refractivity contribution is -0.139. The maximum atomic E-state index is 11.2. The van der Waals surface area contributed by atoms with Crippen molar-refractivity contribution in [2.75, 3.05) is 0 Å². The van der Waals surface area contributed by atoms with E-state index < -0.39 is 11.9 Å².